The number of rotatable bonds is 19. The lowest BCUT2D eigenvalue weighted by Gasteiger charge is -2.53. The number of cyclic esters (lactones) is 1. The SMILES string of the molecule is CC(C)[C@]12O[C@H]1[C@@H]1O[C@]13[C@]1(O[C@H]1C[C@H]1C4=C(CC[C@@]13C)C(=O)OC4)[C@@H]2OC(=O)NCCOCCOCCOCCOC(=O)CCCCC1CCSS1. The second kappa shape index (κ2) is 14.8. The molecule has 4 saturated heterocycles. The Bertz CT molecular complexity index is 1420. The topological polar surface area (TPSA) is 156 Å². The highest BCUT2D eigenvalue weighted by atomic mass is 33.1. The summed E-state index contributed by atoms with van der Waals surface area (Å²) in [5.41, 5.74) is -0.465. The quantitative estimate of drug-likeness (QED) is 0.0658. The Morgan fingerprint density at radius 3 is 2.50 bits per heavy atom. The molecule has 290 valence electrons. The summed E-state index contributed by atoms with van der Waals surface area (Å²) < 4.78 is 53.6. The van der Waals surface area contributed by atoms with Crippen molar-refractivity contribution in [3.8, 4) is 0 Å². The largest absolute Gasteiger partial charge is 0.463 e. The maximum Gasteiger partial charge on any atom is 0.407 e. The van der Waals surface area contributed by atoms with E-state index in [1.807, 2.05) is 21.6 Å². The minimum absolute atomic E-state index is 0.0828. The summed E-state index contributed by atoms with van der Waals surface area (Å²) in [6, 6.07) is 0. The van der Waals surface area contributed by atoms with Crippen molar-refractivity contribution in [2.45, 2.75) is 119 Å². The number of epoxide rings is 3. The lowest BCUT2D eigenvalue weighted by molar-refractivity contribution is -0.145. The summed E-state index contributed by atoms with van der Waals surface area (Å²) in [7, 11) is 3.93. The maximum absolute atomic E-state index is 13.3. The van der Waals surface area contributed by atoms with E-state index in [9.17, 15) is 14.4 Å². The first kappa shape index (κ1) is 37.3. The highest BCUT2D eigenvalue weighted by Gasteiger charge is 3.01. The molecule has 2 spiro atoms. The highest BCUT2D eigenvalue weighted by molar-refractivity contribution is 8.77. The smallest absolute Gasteiger partial charge is 0.407 e. The van der Waals surface area contributed by atoms with Gasteiger partial charge in [-0.1, -0.05) is 48.8 Å². The number of hydrogen-bond acceptors (Lipinski definition) is 14. The molecular weight excluding hydrogens is 715 g/mol. The molecule has 0 aromatic rings. The lowest BCUT2D eigenvalue weighted by Crippen LogP contribution is -2.70. The van der Waals surface area contributed by atoms with Gasteiger partial charge in [0.05, 0.1) is 45.7 Å². The fraction of sp³-hybridized carbons (Fsp3) is 0.865. The minimum atomic E-state index is -0.784. The molecule has 3 aliphatic carbocycles. The van der Waals surface area contributed by atoms with Gasteiger partial charge in [-0.05, 0) is 55.9 Å². The third-order valence-corrected chi connectivity index (χ3v) is 15.9. The third-order valence-electron chi connectivity index (χ3n) is 12.9. The molecule has 1 amide bonds. The highest BCUT2D eigenvalue weighted by Crippen LogP contribution is 2.83. The Morgan fingerprint density at radius 2 is 1.75 bits per heavy atom. The molecule has 13 nitrogen and oxygen atoms in total. The number of alkyl carbamates (subject to hydrolysis) is 1. The first-order valence-electron chi connectivity index (χ1n) is 19.2. The molecule has 5 aliphatic heterocycles. The Hall–Kier alpha value is -1.59. The second-order valence-corrected chi connectivity index (χ2v) is 18.6. The van der Waals surface area contributed by atoms with Crippen molar-refractivity contribution in [3.63, 3.8) is 0 Å². The Labute approximate surface area is 313 Å². The van der Waals surface area contributed by atoms with Crippen LogP contribution in [0.5, 0.6) is 0 Å². The van der Waals surface area contributed by atoms with Crippen molar-refractivity contribution < 1.29 is 57.0 Å². The molecule has 0 aromatic carbocycles. The van der Waals surface area contributed by atoms with Crippen LogP contribution in [0.4, 0.5) is 4.79 Å². The van der Waals surface area contributed by atoms with Crippen LogP contribution in [0, 0.1) is 17.3 Å². The van der Waals surface area contributed by atoms with Crippen molar-refractivity contribution in [2.24, 2.45) is 17.3 Å². The van der Waals surface area contributed by atoms with Crippen LogP contribution in [0.2, 0.25) is 0 Å². The van der Waals surface area contributed by atoms with Crippen LogP contribution < -0.4 is 5.32 Å². The molecule has 8 aliphatic rings. The molecule has 15 heteroatoms. The summed E-state index contributed by atoms with van der Waals surface area (Å²) in [5, 5.41) is 3.60. The normalized spacial score (nSPS) is 40.1. The van der Waals surface area contributed by atoms with Gasteiger partial charge in [0.15, 0.2) is 11.7 Å². The average molecular weight is 768 g/mol. The number of hydrogen-bond donors (Lipinski definition) is 1. The summed E-state index contributed by atoms with van der Waals surface area (Å²) in [4.78, 5) is 37.6. The fourth-order valence-electron chi connectivity index (χ4n) is 10.3. The van der Waals surface area contributed by atoms with Gasteiger partial charge in [0.25, 0.3) is 0 Å². The molecule has 6 fully saturated rings. The van der Waals surface area contributed by atoms with Gasteiger partial charge in [-0.2, -0.15) is 0 Å². The van der Waals surface area contributed by atoms with E-state index in [-0.39, 0.29) is 60.7 Å². The molecule has 8 rings (SSSR count). The van der Waals surface area contributed by atoms with Gasteiger partial charge in [0, 0.05) is 35.0 Å². The number of carbonyl (C=O) groups excluding carboxylic acids is 3. The zero-order chi connectivity index (χ0) is 36.1. The number of unbranched alkanes of at least 4 members (excludes halogenated alkanes) is 1. The van der Waals surface area contributed by atoms with Gasteiger partial charge < -0.3 is 47.9 Å². The molecule has 10 atom stereocenters. The number of carbonyl (C=O) groups is 3. The van der Waals surface area contributed by atoms with Crippen molar-refractivity contribution in [1.82, 2.24) is 5.32 Å². The van der Waals surface area contributed by atoms with E-state index >= 15 is 0 Å². The zero-order valence-corrected chi connectivity index (χ0v) is 32.1. The number of fused-ring (bicyclic) bond motifs is 4. The number of nitrogens with one attached hydrogen (secondary N) is 1. The van der Waals surface area contributed by atoms with Gasteiger partial charge in [-0.25, -0.2) is 9.59 Å². The minimum Gasteiger partial charge on any atom is -0.463 e. The molecule has 2 saturated carbocycles. The summed E-state index contributed by atoms with van der Waals surface area (Å²) >= 11 is 0. The molecule has 0 bridgehead atoms. The van der Waals surface area contributed by atoms with Gasteiger partial charge in [-0.15, -0.1) is 0 Å². The zero-order valence-electron chi connectivity index (χ0n) is 30.5. The first-order chi connectivity index (χ1) is 25.2. The number of ether oxygens (including phenoxy) is 9. The first-order valence-corrected chi connectivity index (χ1v) is 21.6. The Kier molecular flexibility index (Phi) is 10.6. The third kappa shape index (κ3) is 6.21. The van der Waals surface area contributed by atoms with Gasteiger partial charge in [0.2, 0.25) is 0 Å². The summed E-state index contributed by atoms with van der Waals surface area (Å²) in [5.74, 6) is 1.09. The van der Waals surface area contributed by atoms with Gasteiger partial charge in [0.1, 0.15) is 36.6 Å². The van der Waals surface area contributed by atoms with E-state index in [0.717, 1.165) is 42.1 Å². The predicted molar refractivity (Wildman–Crippen MR) is 190 cm³/mol. The van der Waals surface area contributed by atoms with E-state index in [2.05, 4.69) is 26.1 Å². The summed E-state index contributed by atoms with van der Waals surface area (Å²) in [6.07, 6.45) is 5.42. The van der Waals surface area contributed by atoms with Crippen molar-refractivity contribution >= 4 is 39.6 Å². The van der Waals surface area contributed by atoms with Crippen molar-refractivity contribution in [1.29, 1.82) is 0 Å². The Balaban J connectivity index is 0.716. The van der Waals surface area contributed by atoms with E-state index < -0.39 is 29.0 Å². The number of amides is 1. The van der Waals surface area contributed by atoms with Crippen molar-refractivity contribution in [2.75, 3.05) is 65.2 Å². The van der Waals surface area contributed by atoms with Gasteiger partial charge in [-0.3, -0.25) is 4.79 Å². The van der Waals surface area contributed by atoms with Crippen LogP contribution in [0.25, 0.3) is 0 Å². The van der Waals surface area contributed by atoms with Crippen LogP contribution in [0.1, 0.15) is 72.1 Å². The summed E-state index contributed by atoms with van der Waals surface area (Å²) in [6.45, 7) is 9.54. The monoisotopic (exact) mass is 767 g/mol. The van der Waals surface area contributed by atoms with Crippen LogP contribution in [-0.4, -0.2) is 130 Å². The molecule has 52 heavy (non-hydrogen) atoms. The molecule has 1 N–H and O–H groups in total. The Morgan fingerprint density at radius 1 is 0.981 bits per heavy atom. The molecule has 0 aromatic heterocycles. The van der Waals surface area contributed by atoms with Crippen LogP contribution in [0.3, 0.4) is 0 Å². The molecule has 0 radical (unpaired) electrons. The van der Waals surface area contributed by atoms with E-state index in [1.165, 1.54) is 18.6 Å². The predicted octanol–water partition coefficient (Wildman–Crippen LogP) is 4.14. The fourth-order valence-corrected chi connectivity index (χ4v) is 13.3. The van der Waals surface area contributed by atoms with Crippen LogP contribution >= 0.6 is 21.6 Å². The maximum atomic E-state index is 13.3. The number of esters is 2. The molecule has 5 heterocycles. The van der Waals surface area contributed by atoms with E-state index in [4.69, 9.17) is 42.6 Å². The van der Waals surface area contributed by atoms with Crippen LogP contribution in [-0.2, 0) is 52.2 Å². The van der Waals surface area contributed by atoms with Gasteiger partial charge >= 0.3 is 18.0 Å². The van der Waals surface area contributed by atoms with E-state index in [0.29, 0.717) is 59.1 Å². The standard InChI is InChI=1S/C37H53NO12S2/c1-22(2)35-29(49-35)30-37(50-30)34(3)10-8-24-25(21-46-31(24)40)26(34)20-27-36(37,48-27)32(35)47-33(41)38-11-12-42-13-14-43-15-16-44-17-18-45-28(39)7-5-4-6-23-9-19-51-52-23/h22-23,26-27,29-30,32H,4-21H2,1-3H3,(H,38,41)/t23?,26-,27-,29-,30-,32+,34-,35-,36+,37+/m0/s1. The molecular formula is C37H53NO12S2. The van der Waals surface area contributed by atoms with Crippen molar-refractivity contribution in [3.05, 3.63) is 11.1 Å². The lowest BCUT2D eigenvalue weighted by atomic mass is 9.46. The average Bonchev–Trinajstić information content (AvgIpc) is 4.07. The second-order valence-electron chi connectivity index (χ2n) is 15.9. The van der Waals surface area contributed by atoms with Crippen LogP contribution in [0.15, 0.2) is 11.1 Å². The molecule has 1 unspecified atom stereocenters. The van der Waals surface area contributed by atoms with E-state index in [1.54, 1.807) is 0 Å².